The minimum atomic E-state index is -0.130. The Morgan fingerprint density at radius 1 is 1.18 bits per heavy atom. The van der Waals surface area contributed by atoms with Crippen LogP contribution in [0.15, 0.2) is 23.7 Å². The molecule has 0 aliphatic carbocycles. The smallest absolute Gasteiger partial charge is 0.309 e. The highest BCUT2D eigenvalue weighted by Crippen LogP contribution is 2.40. The second kappa shape index (κ2) is 9.42. The number of aromatic nitrogens is 3. The number of pyridine rings is 1. The maximum Gasteiger partial charge on any atom is 0.309 e. The van der Waals surface area contributed by atoms with Crippen molar-refractivity contribution in [2.75, 3.05) is 11.9 Å². The van der Waals surface area contributed by atoms with Crippen LogP contribution in [-0.2, 0) is 9.53 Å². The molecule has 2 fully saturated rings. The van der Waals surface area contributed by atoms with Crippen LogP contribution in [0.2, 0.25) is 0 Å². The SMILES string of the molecule is CCOC(=O)C1CC2CC[C@@H](C1)N2C(=O)c1ccc(Nc2nc(-c3sc(C)nc3C)cs2)nc1. The topological polar surface area (TPSA) is 97.3 Å². The Bertz CT molecular complexity index is 1190. The minimum Gasteiger partial charge on any atom is -0.466 e. The molecule has 1 N–H and O–H groups in total. The summed E-state index contributed by atoms with van der Waals surface area (Å²) in [5, 5.41) is 7.01. The van der Waals surface area contributed by atoms with Crippen LogP contribution in [0.5, 0.6) is 0 Å². The number of thiazole rings is 2. The zero-order valence-electron chi connectivity index (χ0n) is 19.4. The summed E-state index contributed by atoms with van der Waals surface area (Å²) >= 11 is 3.15. The standard InChI is InChI=1S/C24H27N5O3S2/c1-4-32-23(31)16-9-17-6-7-18(10-16)29(17)22(30)15-5-8-20(25-11-15)28-24-27-19(12-33-24)21-13(2)26-14(3)34-21/h5,8,11-12,16-18H,4,6-7,9-10H2,1-3H3,(H,25,27,28)/t16?,17-,18?/m0/s1. The second-order valence-electron chi connectivity index (χ2n) is 8.76. The molecular formula is C24H27N5O3S2. The van der Waals surface area contributed by atoms with Gasteiger partial charge in [-0.15, -0.1) is 22.7 Å². The molecule has 2 unspecified atom stereocenters. The summed E-state index contributed by atoms with van der Waals surface area (Å²) in [6, 6.07) is 3.79. The first-order valence-corrected chi connectivity index (χ1v) is 13.2. The van der Waals surface area contributed by atoms with Crippen LogP contribution in [0.1, 0.15) is 53.7 Å². The fraction of sp³-hybridized carbons (Fsp3) is 0.458. The van der Waals surface area contributed by atoms with Gasteiger partial charge in [0.05, 0.1) is 39.4 Å². The molecule has 5 rings (SSSR count). The summed E-state index contributed by atoms with van der Waals surface area (Å²) < 4.78 is 5.22. The Hall–Kier alpha value is -2.85. The van der Waals surface area contributed by atoms with Crippen LogP contribution in [0.3, 0.4) is 0 Å². The molecule has 2 aliphatic heterocycles. The number of nitrogens with zero attached hydrogens (tertiary/aromatic N) is 4. The van der Waals surface area contributed by atoms with Crippen LogP contribution < -0.4 is 5.32 Å². The molecule has 34 heavy (non-hydrogen) atoms. The van der Waals surface area contributed by atoms with Gasteiger partial charge in [0.1, 0.15) is 5.82 Å². The minimum absolute atomic E-state index is 0.0126. The van der Waals surface area contributed by atoms with E-state index >= 15 is 0 Å². The van der Waals surface area contributed by atoms with E-state index in [2.05, 4.69) is 20.3 Å². The lowest BCUT2D eigenvalue weighted by atomic mass is 9.90. The van der Waals surface area contributed by atoms with Crippen molar-refractivity contribution < 1.29 is 14.3 Å². The first-order valence-electron chi connectivity index (χ1n) is 11.5. The fourth-order valence-corrected chi connectivity index (χ4v) is 6.68. The molecule has 2 aliphatic rings. The van der Waals surface area contributed by atoms with Crippen molar-refractivity contribution >= 4 is 45.5 Å². The number of anilines is 2. The number of carbonyl (C=O) groups is 2. The first-order chi connectivity index (χ1) is 16.4. The van der Waals surface area contributed by atoms with Gasteiger partial charge in [-0.25, -0.2) is 15.0 Å². The van der Waals surface area contributed by atoms with Gasteiger partial charge in [0.25, 0.3) is 5.91 Å². The van der Waals surface area contributed by atoms with Crippen LogP contribution in [0, 0.1) is 19.8 Å². The maximum atomic E-state index is 13.3. The van der Waals surface area contributed by atoms with E-state index in [1.807, 2.05) is 37.1 Å². The van der Waals surface area contributed by atoms with Gasteiger partial charge in [0, 0.05) is 23.7 Å². The van der Waals surface area contributed by atoms with E-state index in [9.17, 15) is 9.59 Å². The van der Waals surface area contributed by atoms with Gasteiger partial charge < -0.3 is 15.0 Å². The summed E-state index contributed by atoms with van der Waals surface area (Å²) in [5.41, 5.74) is 2.46. The Labute approximate surface area is 206 Å². The third-order valence-electron chi connectivity index (χ3n) is 6.47. The molecule has 3 aromatic heterocycles. The fourth-order valence-electron chi connectivity index (χ4n) is 5.02. The van der Waals surface area contributed by atoms with Crippen LogP contribution >= 0.6 is 22.7 Å². The van der Waals surface area contributed by atoms with Gasteiger partial charge in [-0.05, 0) is 58.6 Å². The summed E-state index contributed by atoms with van der Waals surface area (Å²) in [4.78, 5) is 42.1. The van der Waals surface area contributed by atoms with E-state index in [0.29, 0.717) is 30.8 Å². The summed E-state index contributed by atoms with van der Waals surface area (Å²) in [7, 11) is 0. The molecule has 2 saturated heterocycles. The van der Waals surface area contributed by atoms with E-state index in [1.165, 1.54) is 11.3 Å². The van der Waals surface area contributed by atoms with Crippen molar-refractivity contribution in [2.45, 2.75) is 58.5 Å². The van der Waals surface area contributed by atoms with E-state index in [1.54, 1.807) is 23.6 Å². The number of rotatable bonds is 6. The van der Waals surface area contributed by atoms with Gasteiger partial charge in [-0.1, -0.05) is 0 Å². The highest BCUT2D eigenvalue weighted by molar-refractivity contribution is 7.16. The lowest BCUT2D eigenvalue weighted by Gasteiger charge is -2.38. The van der Waals surface area contributed by atoms with Crippen molar-refractivity contribution in [1.29, 1.82) is 0 Å². The number of piperidine rings is 1. The number of hydrogen-bond donors (Lipinski definition) is 1. The number of esters is 1. The van der Waals surface area contributed by atoms with Crippen LogP contribution in [-0.4, -0.2) is 50.4 Å². The molecule has 5 heterocycles. The highest BCUT2D eigenvalue weighted by atomic mass is 32.1. The lowest BCUT2D eigenvalue weighted by molar-refractivity contribution is -0.150. The van der Waals surface area contributed by atoms with Gasteiger partial charge in [0.2, 0.25) is 0 Å². The van der Waals surface area contributed by atoms with Gasteiger partial charge in [-0.2, -0.15) is 0 Å². The van der Waals surface area contributed by atoms with Crippen molar-refractivity contribution in [3.63, 3.8) is 0 Å². The molecule has 1 amide bonds. The third-order valence-corrected chi connectivity index (χ3v) is 8.33. The average Bonchev–Trinajstić information content (AvgIpc) is 3.49. The Balaban J connectivity index is 1.24. The molecule has 2 bridgehead atoms. The molecule has 0 radical (unpaired) electrons. The van der Waals surface area contributed by atoms with E-state index in [0.717, 1.165) is 39.2 Å². The van der Waals surface area contributed by atoms with Crippen molar-refractivity contribution in [3.8, 4) is 10.6 Å². The molecule has 3 aromatic rings. The van der Waals surface area contributed by atoms with Crippen molar-refractivity contribution in [1.82, 2.24) is 19.9 Å². The molecule has 10 heteroatoms. The number of carbonyl (C=O) groups excluding carboxylic acids is 2. The van der Waals surface area contributed by atoms with Gasteiger partial charge in [0.15, 0.2) is 5.13 Å². The average molecular weight is 498 g/mol. The zero-order valence-corrected chi connectivity index (χ0v) is 21.0. The number of hydrogen-bond acceptors (Lipinski definition) is 9. The molecule has 3 atom stereocenters. The summed E-state index contributed by atoms with van der Waals surface area (Å²) in [6.45, 7) is 6.21. The summed E-state index contributed by atoms with van der Waals surface area (Å²) in [6.07, 6.45) is 4.85. The van der Waals surface area contributed by atoms with Gasteiger partial charge >= 0.3 is 5.97 Å². The summed E-state index contributed by atoms with van der Waals surface area (Å²) in [5.74, 6) is 0.390. The number of nitrogens with one attached hydrogen (secondary N) is 1. The van der Waals surface area contributed by atoms with E-state index < -0.39 is 0 Å². The highest BCUT2D eigenvalue weighted by Gasteiger charge is 2.45. The zero-order chi connectivity index (χ0) is 23.8. The van der Waals surface area contributed by atoms with E-state index in [-0.39, 0.29) is 29.9 Å². The van der Waals surface area contributed by atoms with Gasteiger partial charge in [-0.3, -0.25) is 9.59 Å². The molecule has 0 aromatic carbocycles. The molecule has 0 saturated carbocycles. The monoisotopic (exact) mass is 497 g/mol. The predicted octanol–water partition coefficient (Wildman–Crippen LogP) is 4.97. The normalized spacial score (nSPS) is 21.5. The van der Waals surface area contributed by atoms with Crippen molar-refractivity contribution in [2.24, 2.45) is 5.92 Å². The maximum absolute atomic E-state index is 13.3. The first kappa shape index (κ1) is 22.9. The van der Waals surface area contributed by atoms with Crippen molar-refractivity contribution in [3.05, 3.63) is 40.0 Å². The molecule has 178 valence electrons. The largest absolute Gasteiger partial charge is 0.466 e. The van der Waals surface area contributed by atoms with Crippen LogP contribution in [0.25, 0.3) is 10.6 Å². The third kappa shape index (κ3) is 4.44. The molecule has 0 spiro atoms. The Morgan fingerprint density at radius 2 is 1.94 bits per heavy atom. The molecular weight excluding hydrogens is 470 g/mol. The molecule has 8 nitrogen and oxygen atoms in total. The number of fused-ring (bicyclic) bond motifs is 2. The number of aryl methyl sites for hydroxylation is 2. The number of ether oxygens (including phenoxy) is 1. The predicted molar refractivity (Wildman–Crippen MR) is 133 cm³/mol. The quantitative estimate of drug-likeness (QED) is 0.480. The second-order valence-corrected chi connectivity index (χ2v) is 10.8. The lowest BCUT2D eigenvalue weighted by Crippen LogP contribution is -2.48. The Kier molecular flexibility index (Phi) is 6.35. The number of amides is 1. The van der Waals surface area contributed by atoms with Crippen LogP contribution in [0.4, 0.5) is 10.9 Å². The Morgan fingerprint density at radius 3 is 2.56 bits per heavy atom. The van der Waals surface area contributed by atoms with E-state index in [4.69, 9.17) is 4.74 Å².